The van der Waals surface area contributed by atoms with E-state index in [0.29, 0.717) is 12.1 Å². The number of aliphatic hydroxyl groups is 1. The number of aliphatic carboxylic acids is 1. The molecular weight excluding hydrogens is 248 g/mol. The number of anilines is 1. The predicted molar refractivity (Wildman–Crippen MR) is 70.4 cm³/mol. The number of benzene rings is 1. The van der Waals surface area contributed by atoms with Gasteiger partial charge in [-0.15, -0.1) is 0 Å². The van der Waals surface area contributed by atoms with Crippen molar-refractivity contribution in [1.82, 2.24) is 5.32 Å². The largest absolute Gasteiger partial charge is 0.480 e. The molecule has 1 rings (SSSR count). The lowest BCUT2D eigenvalue weighted by molar-refractivity contribution is -0.142. The van der Waals surface area contributed by atoms with Crippen molar-refractivity contribution in [2.45, 2.75) is 25.3 Å². The van der Waals surface area contributed by atoms with Crippen molar-refractivity contribution in [2.24, 2.45) is 0 Å². The molecule has 6 nitrogen and oxygen atoms in total. The Hall–Kier alpha value is -2.08. The minimum absolute atomic E-state index is 0.000636. The molecule has 104 valence electrons. The van der Waals surface area contributed by atoms with Crippen LogP contribution in [0, 0.1) is 0 Å². The molecule has 0 bridgehead atoms. The highest BCUT2D eigenvalue weighted by Gasteiger charge is 2.18. The van der Waals surface area contributed by atoms with Gasteiger partial charge in [-0.25, -0.2) is 4.79 Å². The van der Waals surface area contributed by atoms with Gasteiger partial charge >= 0.3 is 5.97 Å². The number of aryl methyl sites for hydroxylation is 1. The van der Waals surface area contributed by atoms with Crippen LogP contribution in [-0.4, -0.2) is 34.7 Å². The summed E-state index contributed by atoms with van der Waals surface area (Å²) in [7, 11) is 0. The Morgan fingerprint density at radius 3 is 2.68 bits per heavy atom. The van der Waals surface area contributed by atoms with Gasteiger partial charge in [0.15, 0.2) is 0 Å². The smallest absolute Gasteiger partial charge is 0.326 e. The second kappa shape index (κ2) is 7.38. The topological polar surface area (TPSA) is 113 Å². The van der Waals surface area contributed by atoms with Gasteiger partial charge in [0.25, 0.3) is 0 Å². The van der Waals surface area contributed by atoms with Crippen LogP contribution in [0.15, 0.2) is 24.3 Å². The Morgan fingerprint density at radius 2 is 2.11 bits per heavy atom. The Bertz CT molecular complexity index is 448. The molecule has 0 aliphatic rings. The zero-order chi connectivity index (χ0) is 14.3. The highest BCUT2D eigenvalue weighted by Crippen LogP contribution is 2.08. The van der Waals surface area contributed by atoms with Gasteiger partial charge < -0.3 is 21.3 Å². The maximum atomic E-state index is 11.6. The lowest BCUT2D eigenvalue weighted by Gasteiger charge is -2.13. The molecule has 0 heterocycles. The van der Waals surface area contributed by atoms with Crippen LogP contribution in [0.3, 0.4) is 0 Å². The van der Waals surface area contributed by atoms with Crippen molar-refractivity contribution in [3.63, 3.8) is 0 Å². The number of nitrogen functional groups attached to an aromatic ring is 1. The number of nitrogens with one attached hydrogen (secondary N) is 1. The van der Waals surface area contributed by atoms with Crippen LogP contribution < -0.4 is 11.1 Å². The van der Waals surface area contributed by atoms with Crippen LogP contribution >= 0.6 is 0 Å². The normalized spacial score (nSPS) is 11.8. The number of hydrogen-bond acceptors (Lipinski definition) is 4. The number of carbonyl (C=O) groups excluding carboxylic acids is 1. The Kier molecular flexibility index (Phi) is 5.81. The molecule has 19 heavy (non-hydrogen) atoms. The lowest BCUT2D eigenvalue weighted by atomic mass is 10.1. The number of nitrogens with two attached hydrogens (primary N) is 1. The van der Waals surface area contributed by atoms with E-state index in [1.807, 2.05) is 6.07 Å². The number of amides is 1. The van der Waals surface area contributed by atoms with Crippen LogP contribution in [0.5, 0.6) is 0 Å². The van der Waals surface area contributed by atoms with Gasteiger partial charge in [-0.3, -0.25) is 4.79 Å². The number of aliphatic hydroxyl groups excluding tert-OH is 1. The van der Waals surface area contributed by atoms with Crippen LogP contribution in [0.25, 0.3) is 0 Å². The molecule has 0 aliphatic heterocycles. The van der Waals surface area contributed by atoms with Gasteiger partial charge in [-0.05, 0) is 24.1 Å². The van der Waals surface area contributed by atoms with Gasteiger partial charge in [-0.1, -0.05) is 12.1 Å². The summed E-state index contributed by atoms with van der Waals surface area (Å²) in [4.78, 5) is 22.4. The standard InChI is InChI=1S/C13H18N2O4/c14-10-3-1-2-9(8-10)4-5-12(17)15-11(6-7-16)13(18)19/h1-3,8,11,16H,4-7,14H2,(H,15,17)(H,18,19)/t11-/m1/s1. The molecule has 0 radical (unpaired) electrons. The maximum absolute atomic E-state index is 11.6. The summed E-state index contributed by atoms with van der Waals surface area (Å²) in [5, 5.41) is 19.9. The van der Waals surface area contributed by atoms with Crippen molar-refractivity contribution in [1.29, 1.82) is 0 Å². The molecule has 0 aromatic heterocycles. The maximum Gasteiger partial charge on any atom is 0.326 e. The predicted octanol–water partition coefficient (Wildman–Crippen LogP) is 0.153. The van der Waals surface area contributed by atoms with Crippen LogP contribution in [0.4, 0.5) is 5.69 Å². The van der Waals surface area contributed by atoms with Gasteiger partial charge in [0.1, 0.15) is 6.04 Å². The minimum atomic E-state index is -1.15. The summed E-state index contributed by atoms with van der Waals surface area (Å²) in [6.45, 7) is -0.285. The fraction of sp³-hybridized carbons (Fsp3) is 0.385. The molecule has 1 atom stereocenters. The highest BCUT2D eigenvalue weighted by atomic mass is 16.4. The van der Waals surface area contributed by atoms with Gasteiger partial charge in [0, 0.05) is 25.1 Å². The van der Waals surface area contributed by atoms with E-state index >= 15 is 0 Å². The molecule has 0 saturated carbocycles. The summed E-state index contributed by atoms with van der Waals surface area (Å²) in [5.41, 5.74) is 7.17. The van der Waals surface area contributed by atoms with E-state index in [0.717, 1.165) is 5.56 Å². The van der Waals surface area contributed by atoms with E-state index < -0.39 is 12.0 Å². The Balaban J connectivity index is 2.44. The molecule has 0 spiro atoms. The summed E-state index contributed by atoms with van der Waals surface area (Å²) in [6, 6.07) is 6.14. The average molecular weight is 266 g/mol. The van der Waals surface area contributed by atoms with Gasteiger partial charge in [0.05, 0.1) is 0 Å². The monoisotopic (exact) mass is 266 g/mol. The van der Waals surface area contributed by atoms with E-state index in [1.165, 1.54) is 0 Å². The Labute approximate surface area is 111 Å². The molecular formula is C13H18N2O4. The number of carbonyl (C=O) groups is 2. The van der Waals surface area contributed by atoms with E-state index in [-0.39, 0.29) is 25.4 Å². The zero-order valence-corrected chi connectivity index (χ0v) is 10.5. The number of carboxylic acid groups (broad SMARTS) is 1. The van der Waals surface area contributed by atoms with Gasteiger partial charge in [-0.2, -0.15) is 0 Å². The molecule has 0 unspecified atom stereocenters. The van der Waals surface area contributed by atoms with Crippen LogP contribution in [0.1, 0.15) is 18.4 Å². The van der Waals surface area contributed by atoms with Crippen LogP contribution in [0.2, 0.25) is 0 Å². The minimum Gasteiger partial charge on any atom is -0.480 e. The third-order valence-corrected chi connectivity index (χ3v) is 2.64. The fourth-order valence-electron chi connectivity index (χ4n) is 1.66. The first-order chi connectivity index (χ1) is 9.02. The van der Waals surface area contributed by atoms with Crippen molar-refractivity contribution in [2.75, 3.05) is 12.3 Å². The van der Waals surface area contributed by atoms with Gasteiger partial charge in [0.2, 0.25) is 5.91 Å². The summed E-state index contributed by atoms with van der Waals surface area (Å²) in [6.07, 6.45) is 0.667. The summed E-state index contributed by atoms with van der Waals surface area (Å²) >= 11 is 0. The van der Waals surface area contributed by atoms with E-state index in [1.54, 1.807) is 18.2 Å². The molecule has 1 aromatic rings. The molecule has 0 fully saturated rings. The first kappa shape index (κ1) is 15.0. The second-order valence-corrected chi connectivity index (χ2v) is 4.22. The molecule has 1 aromatic carbocycles. The lowest BCUT2D eigenvalue weighted by Crippen LogP contribution is -2.41. The summed E-state index contributed by atoms with van der Waals surface area (Å²) < 4.78 is 0. The van der Waals surface area contributed by atoms with E-state index in [9.17, 15) is 9.59 Å². The third kappa shape index (κ3) is 5.39. The number of carboxylic acids is 1. The van der Waals surface area contributed by atoms with Crippen molar-refractivity contribution in [3.05, 3.63) is 29.8 Å². The first-order valence-corrected chi connectivity index (χ1v) is 6.00. The number of rotatable bonds is 7. The molecule has 5 N–H and O–H groups in total. The third-order valence-electron chi connectivity index (χ3n) is 2.64. The molecule has 0 saturated heterocycles. The van der Waals surface area contributed by atoms with Crippen molar-refractivity contribution >= 4 is 17.6 Å². The summed E-state index contributed by atoms with van der Waals surface area (Å²) in [5.74, 6) is -1.50. The fourth-order valence-corrected chi connectivity index (χ4v) is 1.66. The SMILES string of the molecule is Nc1cccc(CCC(=O)N[C@H](CCO)C(=O)O)c1. The van der Waals surface area contributed by atoms with E-state index in [4.69, 9.17) is 15.9 Å². The number of hydrogen-bond donors (Lipinski definition) is 4. The Morgan fingerprint density at radius 1 is 1.37 bits per heavy atom. The molecule has 1 amide bonds. The van der Waals surface area contributed by atoms with Crippen molar-refractivity contribution in [3.8, 4) is 0 Å². The van der Waals surface area contributed by atoms with Crippen LogP contribution in [-0.2, 0) is 16.0 Å². The molecule has 6 heteroatoms. The zero-order valence-electron chi connectivity index (χ0n) is 10.5. The van der Waals surface area contributed by atoms with Crippen molar-refractivity contribution < 1.29 is 19.8 Å². The first-order valence-electron chi connectivity index (χ1n) is 6.00. The second-order valence-electron chi connectivity index (χ2n) is 4.22. The highest BCUT2D eigenvalue weighted by molar-refractivity contribution is 5.83. The average Bonchev–Trinajstić information content (AvgIpc) is 2.36. The molecule has 0 aliphatic carbocycles. The quantitative estimate of drug-likeness (QED) is 0.525. The van der Waals surface area contributed by atoms with E-state index in [2.05, 4.69) is 5.32 Å².